The van der Waals surface area contributed by atoms with Crippen LogP contribution in [-0.4, -0.2) is 36.7 Å². The van der Waals surface area contributed by atoms with Crippen molar-refractivity contribution in [2.45, 2.75) is 26.3 Å². The topological polar surface area (TPSA) is 78.9 Å². The number of ether oxygens (including phenoxy) is 1. The predicted molar refractivity (Wildman–Crippen MR) is 146 cm³/mol. The molecular formula is C31H30N2O4. The molecule has 4 rings (SSSR count). The van der Waals surface area contributed by atoms with Gasteiger partial charge < -0.3 is 20.1 Å². The Labute approximate surface area is 217 Å². The minimum absolute atomic E-state index is 0.128. The SMILES string of the molecule is C#C/C=C(\C(=C/C)C(=O)O)c1ccc(CN2CCOc3cc(C(=O)NCC4=CCCC=C4)ccc32)cc1. The maximum absolute atomic E-state index is 12.7. The van der Waals surface area contributed by atoms with Gasteiger partial charge in [-0.15, -0.1) is 6.42 Å². The van der Waals surface area contributed by atoms with Crippen molar-refractivity contribution in [2.24, 2.45) is 0 Å². The van der Waals surface area contributed by atoms with Gasteiger partial charge in [-0.2, -0.15) is 0 Å². The van der Waals surface area contributed by atoms with Crippen molar-refractivity contribution in [1.29, 1.82) is 0 Å². The smallest absolute Gasteiger partial charge is 0.336 e. The Hall–Kier alpha value is -4.50. The zero-order valence-electron chi connectivity index (χ0n) is 20.9. The number of benzene rings is 2. The zero-order chi connectivity index (χ0) is 26.2. The normalized spacial score (nSPS) is 15.2. The molecule has 0 unspecified atom stereocenters. The van der Waals surface area contributed by atoms with Crippen LogP contribution in [0.5, 0.6) is 5.75 Å². The number of carboxylic acids is 1. The zero-order valence-corrected chi connectivity index (χ0v) is 20.9. The standard InChI is InChI=1S/C31H30N2O4/c1-3-8-27(26(4-2)31(35)36)24-13-11-23(12-14-24)21-33-17-18-37-29-19-25(15-16-28(29)33)30(34)32-20-22-9-6-5-7-10-22/h1,4,6,8-16,19H,5,7,17-18,20-21H2,2H3,(H,32,34)(H,35,36)/b26-4+,27-8-. The van der Waals surface area contributed by atoms with Crippen molar-refractivity contribution in [1.82, 2.24) is 5.32 Å². The lowest BCUT2D eigenvalue weighted by molar-refractivity contribution is -0.132. The van der Waals surface area contributed by atoms with E-state index in [-0.39, 0.29) is 11.5 Å². The molecule has 0 spiro atoms. The summed E-state index contributed by atoms with van der Waals surface area (Å²) in [5.74, 6) is 1.98. The molecule has 2 aliphatic rings. The first kappa shape index (κ1) is 25.6. The molecule has 1 aliphatic carbocycles. The summed E-state index contributed by atoms with van der Waals surface area (Å²) in [4.78, 5) is 26.5. The number of allylic oxidation sites excluding steroid dienone is 4. The molecule has 1 aliphatic heterocycles. The molecule has 188 valence electrons. The Morgan fingerprint density at radius 1 is 1.16 bits per heavy atom. The minimum Gasteiger partial charge on any atom is -0.490 e. The van der Waals surface area contributed by atoms with Gasteiger partial charge in [0.25, 0.3) is 5.91 Å². The Morgan fingerprint density at radius 3 is 2.62 bits per heavy atom. The molecule has 1 heterocycles. The Balaban J connectivity index is 1.46. The van der Waals surface area contributed by atoms with Crippen molar-refractivity contribution < 1.29 is 19.4 Å². The minimum atomic E-state index is -1.02. The van der Waals surface area contributed by atoms with Gasteiger partial charge in [-0.3, -0.25) is 4.79 Å². The number of hydrogen-bond donors (Lipinski definition) is 2. The maximum atomic E-state index is 12.7. The summed E-state index contributed by atoms with van der Waals surface area (Å²) in [6, 6.07) is 13.3. The number of anilines is 1. The fraction of sp³-hybridized carbons (Fsp3) is 0.226. The monoisotopic (exact) mass is 494 g/mol. The molecule has 0 saturated heterocycles. The van der Waals surface area contributed by atoms with E-state index in [0.29, 0.717) is 43.1 Å². The molecule has 0 aromatic heterocycles. The highest BCUT2D eigenvalue weighted by Crippen LogP contribution is 2.34. The molecule has 0 radical (unpaired) electrons. The molecule has 0 saturated carbocycles. The fourth-order valence-electron chi connectivity index (χ4n) is 4.47. The van der Waals surface area contributed by atoms with Crippen LogP contribution in [0.3, 0.4) is 0 Å². The fourth-order valence-corrected chi connectivity index (χ4v) is 4.47. The lowest BCUT2D eigenvalue weighted by Crippen LogP contribution is -2.32. The summed E-state index contributed by atoms with van der Waals surface area (Å²) in [6.07, 6.45) is 16.9. The molecule has 1 amide bonds. The van der Waals surface area contributed by atoms with Gasteiger partial charge in [0.15, 0.2) is 0 Å². The van der Waals surface area contributed by atoms with Crippen LogP contribution in [0.15, 0.2) is 84.0 Å². The first-order chi connectivity index (χ1) is 18.0. The van der Waals surface area contributed by atoms with Crippen LogP contribution in [0.1, 0.15) is 41.3 Å². The number of aliphatic carboxylic acids is 1. The second-order valence-electron chi connectivity index (χ2n) is 8.82. The van der Waals surface area contributed by atoms with Crippen LogP contribution >= 0.6 is 0 Å². The third-order valence-electron chi connectivity index (χ3n) is 6.38. The first-order valence-corrected chi connectivity index (χ1v) is 12.3. The Bertz CT molecular complexity index is 1340. The van der Waals surface area contributed by atoms with Gasteiger partial charge in [-0.05, 0) is 60.7 Å². The number of nitrogens with zero attached hydrogens (tertiary/aromatic N) is 1. The number of carbonyl (C=O) groups is 2. The van der Waals surface area contributed by atoms with Crippen LogP contribution < -0.4 is 15.0 Å². The van der Waals surface area contributed by atoms with Gasteiger partial charge in [0, 0.05) is 24.2 Å². The number of fused-ring (bicyclic) bond motifs is 1. The van der Waals surface area contributed by atoms with Gasteiger partial charge in [0.2, 0.25) is 0 Å². The molecule has 6 heteroatoms. The molecule has 2 aromatic rings. The number of nitrogens with one attached hydrogen (secondary N) is 1. The van der Waals surface area contributed by atoms with Crippen LogP contribution in [0.2, 0.25) is 0 Å². The second-order valence-corrected chi connectivity index (χ2v) is 8.82. The molecule has 2 aromatic carbocycles. The maximum Gasteiger partial charge on any atom is 0.336 e. The van der Waals surface area contributed by atoms with Crippen molar-refractivity contribution in [2.75, 3.05) is 24.6 Å². The molecule has 37 heavy (non-hydrogen) atoms. The molecule has 0 fully saturated rings. The number of amides is 1. The number of hydrogen-bond acceptors (Lipinski definition) is 4. The number of rotatable bonds is 8. The van der Waals surface area contributed by atoms with E-state index in [9.17, 15) is 14.7 Å². The average molecular weight is 495 g/mol. The Kier molecular flexibility index (Phi) is 8.27. The molecular weight excluding hydrogens is 464 g/mol. The van der Waals surface area contributed by atoms with Gasteiger partial charge in [0.05, 0.1) is 17.8 Å². The quantitative estimate of drug-likeness (QED) is 0.302. The average Bonchev–Trinajstić information content (AvgIpc) is 2.92. The number of carboxylic acid groups (broad SMARTS) is 1. The molecule has 2 N–H and O–H groups in total. The van der Waals surface area contributed by atoms with E-state index in [0.717, 1.165) is 35.2 Å². The van der Waals surface area contributed by atoms with E-state index >= 15 is 0 Å². The molecule has 6 nitrogen and oxygen atoms in total. The van der Waals surface area contributed by atoms with Gasteiger partial charge in [-0.1, -0.05) is 54.5 Å². The third-order valence-corrected chi connectivity index (χ3v) is 6.38. The summed E-state index contributed by atoms with van der Waals surface area (Å²) in [5.41, 5.74) is 5.09. The predicted octanol–water partition coefficient (Wildman–Crippen LogP) is 5.14. The summed E-state index contributed by atoms with van der Waals surface area (Å²) < 4.78 is 5.88. The van der Waals surface area contributed by atoms with E-state index in [4.69, 9.17) is 11.2 Å². The number of carbonyl (C=O) groups excluding carboxylic acids is 1. The Morgan fingerprint density at radius 2 is 1.95 bits per heavy atom. The van der Waals surface area contributed by atoms with Crippen molar-refractivity contribution >= 4 is 23.1 Å². The number of terminal acetylenes is 1. The van der Waals surface area contributed by atoms with E-state index in [1.807, 2.05) is 36.4 Å². The summed E-state index contributed by atoms with van der Waals surface area (Å²) in [7, 11) is 0. The lowest BCUT2D eigenvalue weighted by Gasteiger charge is -2.31. The highest BCUT2D eigenvalue weighted by molar-refractivity contribution is 6.05. The van der Waals surface area contributed by atoms with Crippen LogP contribution in [-0.2, 0) is 11.3 Å². The molecule has 0 bridgehead atoms. The van der Waals surface area contributed by atoms with E-state index in [1.54, 1.807) is 19.1 Å². The highest BCUT2D eigenvalue weighted by atomic mass is 16.5. The van der Waals surface area contributed by atoms with Gasteiger partial charge >= 0.3 is 5.97 Å². The summed E-state index contributed by atoms with van der Waals surface area (Å²) in [5, 5.41) is 12.5. The highest BCUT2D eigenvalue weighted by Gasteiger charge is 2.21. The third kappa shape index (κ3) is 6.20. The molecule has 0 atom stereocenters. The van der Waals surface area contributed by atoms with Crippen LogP contribution in [0.4, 0.5) is 5.69 Å². The van der Waals surface area contributed by atoms with Crippen molar-refractivity contribution in [3.05, 3.63) is 101 Å². The van der Waals surface area contributed by atoms with Crippen LogP contribution in [0.25, 0.3) is 5.57 Å². The van der Waals surface area contributed by atoms with E-state index < -0.39 is 5.97 Å². The lowest BCUT2D eigenvalue weighted by atomic mass is 9.96. The second kappa shape index (κ2) is 12.0. The van der Waals surface area contributed by atoms with Gasteiger partial charge in [-0.25, -0.2) is 4.79 Å². The van der Waals surface area contributed by atoms with E-state index in [1.165, 1.54) is 6.08 Å². The van der Waals surface area contributed by atoms with Gasteiger partial charge in [0.1, 0.15) is 12.4 Å². The van der Waals surface area contributed by atoms with Crippen LogP contribution in [0, 0.1) is 12.3 Å². The first-order valence-electron chi connectivity index (χ1n) is 12.3. The largest absolute Gasteiger partial charge is 0.490 e. The van der Waals surface area contributed by atoms with E-state index in [2.05, 4.69) is 34.4 Å². The van der Waals surface area contributed by atoms with Crippen molar-refractivity contribution in [3.63, 3.8) is 0 Å². The van der Waals surface area contributed by atoms with Crippen molar-refractivity contribution in [3.8, 4) is 18.1 Å². The summed E-state index contributed by atoms with van der Waals surface area (Å²) >= 11 is 0. The summed E-state index contributed by atoms with van der Waals surface area (Å²) in [6.45, 7) is 4.07.